The highest BCUT2D eigenvalue weighted by atomic mass is 32.2. The van der Waals surface area contributed by atoms with Gasteiger partial charge in [-0.1, -0.05) is 38.6 Å². The van der Waals surface area contributed by atoms with Crippen molar-refractivity contribution in [2.75, 3.05) is 43.1 Å². The minimum Gasteiger partial charge on any atom is -0.361 e. The maximum Gasteiger partial charge on any atom is 0.264 e. The number of nitrogens with one attached hydrogen (secondary N) is 6. The van der Waals surface area contributed by atoms with E-state index in [2.05, 4.69) is 63.6 Å². The number of para-hydroxylation sites is 1. The first-order valence-electron chi connectivity index (χ1n) is 24.0. The van der Waals surface area contributed by atoms with Gasteiger partial charge in [-0.3, -0.25) is 34.6 Å². The van der Waals surface area contributed by atoms with E-state index < -0.39 is 102 Å². The molecule has 1 fully saturated rings. The number of amides is 4. The van der Waals surface area contributed by atoms with Crippen molar-refractivity contribution >= 4 is 89.9 Å². The van der Waals surface area contributed by atoms with Crippen molar-refractivity contribution < 1.29 is 33.6 Å². The average molecular weight is 1050 g/mol. The Bertz CT molecular complexity index is 2050. The zero-order valence-corrected chi connectivity index (χ0v) is 43.8. The minimum absolute atomic E-state index is 0.00133. The van der Waals surface area contributed by atoms with Crippen molar-refractivity contribution in [3.05, 3.63) is 48.2 Å². The van der Waals surface area contributed by atoms with E-state index in [-0.39, 0.29) is 56.7 Å². The fraction of sp³-hybridized carbons (Fsp3) is 0.630. The van der Waals surface area contributed by atoms with Crippen LogP contribution in [0.2, 0.25) is 0 Å². The molecule has 398 valence electrons. The number of thioether (sulfide) groups is 1. The number of carbonyl (C=O) groups is 7. The van der Waals surface area contributed by atoms with E-state index >= 15 is 14.4 Å². The van der Waals surface area contributed by atoms with Gasteiger partial charge in [0.2, 0.25) is 11.8 Å². The third-order valence-corrected chi connectivity index (χ3v) is 13.4. The Balaban J connectivity index is 2.23. The molecule has 1 aliphatic heterocycles. The molecule has 0 radical (unpaired) electrons. The number of aldehydes is 2. The first-order valence-corrected chi connectivity index (χ1v) is 26.7. The average Bonchev–Trinajstić information content (AvgIpc) is 4.01. The van der Waals surface area contributed by atoms with Crippen LogP contribution in [-0.4, -0.2) is 166 Å². The third-order valence-electron chi connectivity index (χ3n) is 12.1. The van der Waals surface area contributed by atoms with Crippen LogP contribution in [0.15, 0.2) is 42.6 Å². The van der Waals surface area contributed by atoms with E-state index in [1.165, 1.54) is 16.7 Å². The number of likely N-dealkylation sites (tertiary alicyclic amines) is 1. The van der Waals surface area contributed by atoms with Gasteiger partial charge >= 0.3 is 0 Å². The second-order valence-electron chi connectivity index (χ2n) is 18.1. The summed E-state index contributed by atoms with van der Waals surface area (Å²) in [6.07, 6.45) is 5.55. The van der Waals surface area contributed by atoms with Gasteiger partial charge in [-0.2, -0.15) is 37.0 Å². The molecular weight excluding hydrogens is 971 g/mol. The predicted molar refractivity (Wildman–Crippen MR) is 285 cm³/mol. The van der Waals surface area contributed by atoms with Crippen molar-refractivity contribution in [2.24, 2.45) is 40.3 Å². The maximum absolute atomic E-state index is 15.6. The molecule has 0 aliphatic carbocycles. The number of hydrogen-bond donors (Lipinski definition) is 14. The highest BCUT2D eigenvalue weighted by molar-refractivity contribution is 7.98. The molecule has 1 saturated heterocycles. The standard InChI is InChI=1S/C46H79N15O7S3/c1-27(2)20-31(24-63)57-58-35(15-19-71-4)28(3)40(64)38(25-69)60(43(67)34(48)12-8-17-54-46(51)52)61(44(68)37-14-9-18-59(37)42(66)33(47)11-7-16-53-45(49)50)39(26-70)41(65)56-30(23-62)21-29-22-55-36-13-6-5-10-32(29)36/h5-6,10,13,22-24,27,30-31,33-35,37-39,45-46,53-55,57-58,69-70H,3,7-9,11-12,14-21,25-26,47-52H2,1-2,4H3,(H,56,65)/t30-,31-,33-,34-,35-,37-,38-,39-/m0/s1. The molecule has 0 bridgehead atoms. The Kier molecular flexibility index (Phi) is 27.3. The molecule has 0 unspecified atom stereocenters. The monoisotopic (exact) mass is 1050 g/mol. The van der Waals surface area contributed by atoms with Gasteiger partial charge in [-0.05, 0) is 94.0 Å². The summed E-state index contributed by atoms with van der Waals surface area (Å²) in [6.45, 7) is 8.84. The summed E-state index contributed by atoms with van der Waals surface area (Å²) in [5.74, 6) is -4.18. The number of nitrogens with zero attached hydrogens (tertiary/aromatic N) is 3. The molecule has 1 aromatic heterocycles. The van der Waals surface area contributed by atoms with E-state index in [9.17, 15) is 19.2 Å². The Morgan fingerprint density at radius 1 is 0.873 bits per heavy atom. The Morgan fingerprint density at radius 2 is 1.49 bits per heavy atom. The lowest BCUT2D eigenvalue weighted by molar-refractivity contribution is -0.181. The molecule has 1 aliphatic rings. The van der Waals surface area contributed by atoms with Crippen LogP contribution >= 0.6 is 37.0 Å². The lowest BCUT2D eigenvalue weighted by atomic mass is 9.97. The Labute approximate surface area is 432 Å². The number of fused-ring (bicyclic) bond motifs is 1. The fourth-order valence-corrected chi connectivity index (χ4v) is 9.49. The van der Waals surface area contributed by atoms with E-state index in [1.807, 2.05) is 44.4 Å². The van der Waals surface area contributed by atoms with Gasteiger partial charge in [-0.15, -0.1) is 0 Å². The van der Waals surface area contributed by atoms with Crippen LogP contribution in [0.5, 0.6) is 0 Å². The summed E-state index contributed by atoms with van der Waals surface area (Å²) in [6, 6.07) is -2.17. The molecule has 4 amide bonds. The Morgan fingerprint density at radius 3 is 2.07 bits per heavy atom. The lowest BCUT2D eigenvalue weighted by Crippen LogP contribution is -2.69. The molecular formula is C46H79N15O7S3. The maximum atomic E-state index is 15.6. The van der Waals surface area contributed by atoms with Crippen LogP contribution in [-0.2, 0) is 40.0 Å². The van der Waals surface area contributed by atoms with Crippen LogP contribution in [0.1, 0.15) is 70.8 Å². The highest BCUT2D eigenvalue weighted by Gasteiger charge is 2.48. The topological polar surface area (TPSA) is 361 Å². The second kappa shape index (κ2) is 31.6. The molecule has 0 spiro atoms. The largest absolute Gasteiger partial charge is 0.361 e. The second-order valence-corrected chi connectivity index (χ2v) is 19.8. The van der Waals surface area contributed by atoms with Gasteiger partial charge < -0.3 is 59.2 Å². The number of carbonyl (C=O) groups excluding carboxylic acids is 7. The van der Waals surface area contributed by atoms with E-state index in [0.29, 0.717) is 44.3 Å². The number of aromatic amines is 1. The predicted octanol–water partition coefficient (Wildman–Crippen LogP) is -1.69. The number of ketones is 1. The number of H-pyrrole nitrogens is 1. The normalized spacial score (nSPS) is 16.9. The van der Waals surface area contributed by atoms with E-state index in [4.69, 9.17) is 34.4 Å². The first-order chi connectivity index (χ1) is 33.8. The number of hydrogen-bond acceptors (Lipinski definition) is 20. The number of aromatic nitrogens is 1. The number of hydrazine groups is 2. The van der Waals surface area contributed by atoms with Gasteiger partial charge in [0.1, 0.15) is 43.3 Å². The van der Waals surface area contributed by atoms with Crippen molar-refractivity contribution in [2.45, 2.75) is 133 Å². The minimum atomic E-state index is -1.69. The van der Waals surface area contributed by atoms with Gasteiger partial charge in [0.05, 0.1) is 30.2 Å². The molecule has 22 nitrogen and oxygen atoms in total. The van der Waals surface area contributed by atoms with Gasteiger partial charge in [0, 0.05) is 47.1 Å². The Hall–Kier alpha value is -3.96. The summed E-state index contributed by atoms with van der Waals surface area (Å²) < 4.78 is 0. The van der Waals surface area contributed by atoms with Crippen molar-refractivity contribution in [3.8, 4) is 0 Å². The molecule has 0 saturated carbocycles. The van der Waals surface area contributed by atoms with E-state index in [0.717, 1.165) is 32.8 Å². The zero-order chi connectivity index (χ0) is 52.8. The molecule has 1 aromatic carbocycles. The molecule has 2 aromatic rings. The number of benzene rings is 1. The van der Waals surface area contributed by atoms with Crippen molar-refractivity contribution in [1.29, 1.82) is 0 Å². The van der Waals surface area contributed by atoms with Crippen molar-refractivity contribution in [3.63, 3.8) is 0 Å². The summed E-state index contributed by atoms with van der Waals surface area (Å²) in [5, 5.41) is 11.0. The summed E-state index contributed by atoms with van der Waals surface area (Å²) in [5.41, 5.74) is 43.3. The first kappa shape index (κ1) is 61.3. The van der Waals surface area contributed by atoms with Crippen LogP contribution in [0.25, 0.3) is 10.9 Å². The zero-order valence-electron chi connectivity index (χ0n) is 41.2. The number of rotatable bonds is 34. The summed E-state index contributed by atoms with van der Waals surface area (Å²) >= 11 is 10.7. The van der Waals surface area contributed by atoms with Gasteiger partial charge in [0.25, 0.3) is 11.8 Å². The smallest absolute Gasteiger partial charge is 0.264 e. The molecule has 18 N–H and O–H groups in total. The molecule has 2 heterocycles. The quantitative estimate of drug-likeness (QED) is 0.00928. The third kappa shape index (κ3) is 18.5. The summed E-state index contributed by atoms with van der Waals surface area (Å²) in [4.78, 5) is 104. The molecule has 8 atom stereocenters. The van der Waals surface area contributed by atoms with Gasteiger partial charge in [-0.25, -0.2) is 20.9 Å². The van der Waals surface area contributed by atoms with Crippen LogP contribution in [0, 0.1) is 5.92 Å². The van der Waals surface area contributed by atoms with Crippen molar-refractivity contribution in [1.82, 2.24) is 46.7 Å². The molecule has 3 rings (SSSR count). The van der Waals surface area contributed by atoms with E-state index in [1.54, 1.807) is 6.20 Å². The molecule has 71 heavy (non-hydrogen) atoms. The number of nitrogens with two attached hydrogens (primary N) is 6. The fourth-order valence-electron chi connectivity index (χ4n) is 8.38. The summed E-state index contributed by atoms with van der Waals surface area (Å²) in [7, 11) is 0. The highest BCUT2D eigenvalue weighted by Crippen LogP contribution is 2.28. The number of Topliss-reactive ketones (excluding diaryl/α,β-unsaturated/α-hetero) is 1. The SMILES string of the molecule is C=C(C(=O)[C@H](CS)N(C(=O)[C@@H](N)CCCNC(N)N)N(C(=O)[C@@H]1CCCN1C(=O)[C@@H](N)CCCNC(N)N)[C@@H](CS)C(=O)N[C@H](C=O)Cc1c[nH]c2ccccc12)[C@H](CCSC)NN[C@H](C=O)CC(C)C. The lowest BCUT2D eigenvalue weighted by Gasteiger charge is -2.45. The molecule has 25 heteroatoms. The van der Waals surface area contributed by atoms with Crippen LogP contribution in [0.3, 0.4) is 0 Å². The van der Waals surface area contributed by atoms with Crippen LogP contribution < -0.4 is 61.2 Å². The van der Waals surface area contributed by atoms with Crippen LogP contribution in [0.4, 0.5) is 0 Å². The van der Waals surface area contributed by atoms with Gasteiger partial charge in [0.15, 0.2) is 5.78 Å². The number of thiol groups is 2.